The van der Waals surface area contributed by atoms with Gasteiger partial charge in [0.1, 0.15) is 5.75 Å². The van der Waals surface area contributed by atoms with Gasteiger partial charge in [-0.3, -0.25) is 9.89 Å². The number of nitrogens with zero attached hydrogens (tertiary/aromatic N) is 2. The number of aliphatic imine (C=N–C) groups is 1. The minimum atomic E-state index is -3.14. The van der Waals surface area contributed by atoms with Gasteiger partial charge < -0.3 is 20.1 Å². The standard InChI is InChI=1S/C20H35N5O4S/c1-4-30(26,27)24-11-5-10-22-20(21-2)23-16-19(25-12-14-29-15-13-25)17-6-8-18(28-3)9-7-17/h6-9,19,24H,4-5,10-16H2,1-3H3,(H2,21,22,23). The van der Waals surface area contributed by atoms with Crippen LogP contribution in [0.25, 0.3) is 0 Å². The van der Waals surface area contributed by atoms with Gasteiger partial charge in [-0.25, -0.2) is 13.1 Å². The zero-order valence-corrected chi connectivity index (χ0v) is 19.0. The lowest BCUT2D eigenvalue weighted by molar-refractivity contribution is 0.0170. The van der Waals surface area contributed by atoms with Crippen LogP contribution in [-0.2, 0) is 14.8 Å². The van der Waals surface area contributed by atoms with E-state index in [9.17, 15) is 8.42 Å². The second-order valence-electron chi connectivity index (χ2n) is 6.97. The van der Waals surface area contributed by atoms with E-state index in [-0.39, 0.29) is 11.8 Å². The number of methoxy groups -OCH3 is 1. The lowest BCUT2D eigenvalue weighted by Gasteiger charge is -2.35. The summed E-state index contributed by atoms with van der Waals surface area (Å²) < 4.78 is 36.3. The van der Waals surface area contributed by atoms with Crippen LogP contribution in [-0.4, -0.2) is 85.1 Å². The van der Waals surface area contributed by atoms with Crippen LogP contribution in [0, 0.1) is 0 Å². The minimum absolute atomic E-state index is 0.0952. The van der Waals surface area contributed by atoms with Crippen molar-refractivity contribution in [3.63, 3.8) is 0 Å². The van der Waals surface area contributed by atoms with Gasteiger partial charge in [0.25, 0.3) is 0 Å². The van der Waals surface area contributed by atoms with Crippen LogP contribution in [0.2, 0.25) is 0 Å². The van der Waals surface area contributed by atoms with Crippen LogP contribution < -0.4 is 20.1 Å². The predicted octanol–water partition coefficient (Wildman–Crippen LogP) is 0.563. The van der Waals surface area contributed by atoms with Crippen LogP contribution in [0.1, 0.15) is 24.9 Å². The third-order valence-electron chi connectivity index (χ3n) is 5.02. The molecule has 1 heterocycles. The molecule has 0 amide bonds. The van der Waals surface area contributed by atoms with Gasteiger partial charge in [0.2, 0.25) is 10.0 Å². The highest BCUT2D eigenvalue weighted by atomic mass is 32.2. The van der Waals surface area contributed by atoms with Crippen molar-refractivity contribution >= 4 is 16.0 Å². The fourth-order valence-corrected chi connectivity index (χ4v) is 3.87. The Morgan fingerprint density at radius 2 is 1.90 bits per heavy atom. The summed E-state index contributed by atoms with van der Waals surface area (Å²) in [6, 6.07) is 8.32. The summed E-state index contributed by atoms with van der Waals surface area (Å²) in [5.41, 5.74) is 1.20. The Balaban J connectivity index is 1.89. The van der Waals surface area contributed by atoms with E-state index >= 15 is 0 Å². The van der Waals surface area contributed by atoms with Crippen LogP contribution in [0.15, 0.2) is 29.3 Å². The molecular formula is C20H35N5O4S. The second-order valence-corrected chi connectivity index (χ2v) is 9.06. The monoisotopic (exact) mass is 441 g/mol. The smallest absolute Gasteiger partial charge is 0.211 e. The van der Waals surface area contributed by atoms with Crippen molar-refractivity contribution in [2.75, 3.05) is 65.8 Å². The molecule has 1 aromatic carbocycles. The molecule has 9 nitrogen and oxygen atoms in total. The van der Waals surface area contributed by atoms with Crippen molar-refractivity contribution in [1.82, 2.24) is 20.3 Å². The summed E-state index contributed by atoms with van der Waals surface area (Å²) in [6.45, 7) is 6.55. The SMILES string of the molecule is CCS(=O)(=O)NCCCNC(=NC)NCC(c1ccc(OC)cc1)N1CCOCC1. The molecule has 2 rings (SSSR count). The van der Waals surface area contributed by atoms with Crippen molar-refractivity contribution in [1.29, 1.82) is 0 Å². The van der Waals surface area contributed by atoms with E-state index in [4.69, 9.17) is 9.47 Å². The maximum absolute atomic E-state index is 11.5. The number of guanidine groups is 1. The molecule has 0 aromatic heterocycles. The van der Waals surface area contributed by atoms with E-state index in [0.29, 0.717) is 32.0 Å². The topological polar surface area (TPSA) is 104 Å². The Labute approximate surface area is 180 Å². The average Bonchev–Trinajstić information content (AvgIpc) is 2.78. The largest absolute Gasteiger partial charge is 0.497 e. The maximum Gasteiger partial charge on any atom is 0.211 e. The normalized spacial score (nSPS) is 16.8. The first kappa shape index (κ1) is 24.4. The van der Waals surface area contributed by atoms with Gasteiger partial charge in [-0.15, -0.1) is 0 Å². The molecule has 1 saturated heterocycles. The Morgan fingerprint density at radius 1 is 1.20 bits per heavy atom. The van der Waals surface area contributed by atoms with Crippen LogP contribution in [0.4, 0.5) is 0 Å². The number of hydrogen-bond donors (Lipinski definition) is 3. The molecule has 1 atom stereocenters. The molecule has 1 unspecified atom stereocenters. The fourth-order valence-electron chi connectivity index (χ4n) is 3.21. The number of ether oxygens (including phenoxy) is 2. The van der Waals surface area contributed by atoms with Gasteiger partial charge in [-0.1, -0.05) is 12.1 Å². The van der Waals surface area contributed by atoms with E-state index in [0.717, 1.165) is 32.1 Å². The molecule has 0 aliphatic carbocycles. The minimum Gasteiger partial charge on any atom is -0.497 e. The van der Waals surface area contributed by atoms with Crippen LogP contribution in [0.5, 0.6) is 5.75 Å². The van der Waals surface area contributed by atoms with Crippen LogP contribution >= 0.6 is 0 Å². The first-order chi connectivity index (χ1) is 14.5. The van der Waals surface area contributed by atoms with Crippen molar-refractivity contribution in [2.24, 2.45) is 4.99 Å². The Morgan fingerprint density at radius 3 is 2.50 bits per heavy atom. The van der Waals surface area contributed by atoms with Crippen molar-refractivity contribution in [3.05, 3.63) is 29.8 Å². The zero-order valence-electron chi connectivity index (χ0n) is 18.2. The summed E-state index contributed by atoms with van der Waals surface area (Å²) in [7, 11) is 0.250. The Bertz CT molecular complexity index is 749. The average molecular weight is 442 g/mol. The van der Waals surface area contributed by atoms with E-state index in [1.807, 2.05) is 12.1 Å². The van der Waals surface area contributed by atoms with Gasteiger partial charge in [-0.2, -0.15) is 0 Å². The predicted molar refractivity (Wildman–Crippen MR) is 120 cm³/mol. The number of rotatable bonds is 11. The molecule has 170 valence electrons. The molecule has 10 heteroatoms. The summed E-state index contributed by atoms with van der Waals surface area (Å²) in [5, 5.41) is 6.64. The number of morpholine rings is 1. The van der Waals surface area contributed by atoms with Crippen molar-refractivity contribution < 1.29 is 17.9 Å². The number of nitrogens with one attached hydrogen (secondary N) is 3. The summed E-state index contributed by atoms with van der Waals surface area (Å²) in [4.78, 5) is 6.69. The van der Waals surface area contributed by atoms with Crippen molar-refractivity contribution in [2.45, 2.75) is 19.4 Å². The lowest BCUT2D eigenvalue weighted by Crippen LogP contribution is -2.46. The van der Waals surface area contributed by atoms with Gasteiger partial charge in [0.05, 0.1) is 32.1 Å². The molecule has 0 spiro atoms. The molecule has 0 radical (unpaired) electrons. The van der Waals surface area contributed by atoms with Gasteiger partial charge in [-0.05, 0) is 31.0 Å². The fraction of sp³-hybridized carbons (Fsp3) is 0.650. The van der Waals surface area contributed by atoms with E-state index in [1.54, 1.807) is 21.1 Å². The highest BCUT2D eigenvalue weighted by Crippen LogP contribution is 2.23. The molecular weight excluding hydrogens is 406 g/mol. The van der Waals surface area contributed by atoms with Gasteiger partial charge >= 0.3 is 0 Å². The molecule has 1 aromatic rings. The molecule has 0 saturated carbocycles. The second kappa shape index (κ2) is 12.7. The van der Waals surface area contributed by atoms with E-state index in [1.165, 1.54) is 5.56 Å². The first-order valence-electron chi connectivity index (χ1n) is 10.4. The van der Waals surface area contributed by atoms with E-state index < -0.39 is 10.0 Å². The molecule has 1 aliphatic heterocycles. The molecule has 3 N–H and O–H groups in total. The molecule has 0 bridgehead atoms. The third kappa shape index (κ3) is 8.10. The highest BCUT2D eigenvalue weighted by molar-refractivity contribution is 7.89. The Hall–Kier alpha value is -1.88. The van der Waals surface area contributed by atoms with Crippen LogP contribution in [0.3, 0.4) is 0 Å². The highest BCUT2D eigenvalue weighted by Gasteiger charge is 2.23. The van der Waals surface area contributed by atoms with Gasteiger partial charge in [0, 0.05) is 39.8 Å². The number of benzene rings is 1. The quantitative estimate of drug-likeness (QED) is 0.262. The first-order valence-corrected chi connectivity index (χ1v) is 12.0. The lowest BCUT2D eigenvalue weighted by atomic mass is 10.0. The Kier molecular flexibility index (Phi) is 10.4. The molecule has 1 fully saturated rings. The van der Waals surface area contributed by atoms with Gasteiger partial charge in [0.15, 0.2) is 5.96 Å². The van der Waals surface area contributed by atoms with E-state index in [2.05, 4.69) is 37.4 Å². The third-order valence-corrected chi connectivity index (χ3v) is 6.43. The summed E-state index contributed by atoms with van der Waals surface area (Å²) in [6.07, 6.45) is 0.672. The summed E-state index contributed by atoms with van der Waals surface area (Å²) >= 11 is 0. The molecule has 30 heavy (non-hydrogen) atoms. The number of sulfonamides is 1. The zero-order chi connectivity index (χ0) is 21.8. The maximum atomic E-state index is 11.5. The van der Waals surface area contributed by atoms with Crippen molar-refractivity contribution in [3.8, 4) is 5.75 Å². The number of hydrogen-bond acceptors (Lipinski definition) is 6. The summed E-state index contributed by atoms with van der Waals surface area (Å²) in [5.74, 6) is 1.63. The molecule has 1 aliphatic rings.